The van der Waals surface area contributed by atoms with Crippen LogP contribution in [0.25, 0.3) is 5.65 Å². The predicted octanol–water partition coefficient (Wildman–Crippen LogP) is 3.31. The average Bonchev–Trinajstić information content (AvgIpc) is 2.70. The van der Waals surface area contributed by atoms with Gasteiger partial charge in [0.25, 0.3) is 0 Å². The van der Waals surface area contributed by atoms with Crippen molar-refractivity contribution in [3.05, 3.63) is 35.8 Å². The molecule has 98 valence electrons. The van der Waals surface area contributed by atoms with Gasteiger partial charge in [-0.3, -0.25) is 0 Å². The lowest BCUT2D eigenvalue weighted by Crippen LogP contribution is -2.16. The summed E-state index contributed by atoms with van der Waals surface area (Å²) in [6, 6.07) is 6.14. The van der Waals surface area contributed by atoms with Gasteiger partial charge in [0.15, 0.2) is 0 Å². The fourth-order valence-corrected chi connectivity index (χ4v) is 2.26. The summed E-state index contributed by atoms with van der Waals surface area (Å²) in [6.07, 6.45) is 7.32. The molecule has 0 bridgehead atoms. The molecule has 2 aromatic heterocycles. The number of fused-ring (bicyclic) bond motifs is 1. The summed E-state index contributed by atoms with van der Waals surface area (Å²) in [5.41, 5.74) is 3.45. The van der Waals surface area contributed by atoms with Crippen molar-refractivity contribution in [3.63, 3.8) is 0 Å². The molecule has 2 heterocycles. The third-order valence-corrected chi connectivity index (χ3v) is 3.33. The number of rotatable bonds is 7. The maximum Gasteiger partial charge on any atom is 0.137 e. The van der Waals surface area contributed by atoms with Crippen molar-refractivity contribution in [3.8, 4) is 0 Å². The van der Waals surface area contributed by atoms with Crippen molar-refractivity contribution in [1.29, 1.82) is 0 Å². The molecule has 2 rings (SSSR count). The molecular formula is C15H23N3. The summed E-state index contributed by atoms with van der Waals surface area (Å²) in [6.45, 7) is 6.33. The average molecular weight is 245 g/mol. The number of aromatic nitrogens is 2. The Labute approximate surface area is 109 Å². The van der Waals surface area contributed by atoms with Crippen LogP contribution in [0.15, 0.2) is 24.4 Å². The number of unbranched alkanes of at least 4 members (excludes halogenated alkanes) is 3. The van der Waals surface area contributed by atoms with Crippen LogP contribution in [0.5, 0.6) is 0 Å². The van der Waals surface area contributed by atoms with E-state index < -0.39 is 0 Å². The van der Waals surface area contributed by atoms with E-state index in [2.05, 4.69) is 46.9 Å². The van der Waals surface area contributed by atoms with Crippen LogP contribution in [0.2, 0.25) is 0 Å². The summed E-state index contributed by atoms with van der Waals surface area (Å²) in [5.74, 6) is 0. The maximum atomic E-state index is 4.56. The topological polar surface area (TPSA) is 29.3 Å². The first kappa shape index (κ1) is 13.1. The van der Waals surface area contributed by atoms with Gasteiger partial charge in [-0.2, -0.15) is 0 Å². The van der Waals surface area contributed by atoms with Gasteiger partial charge in [-0.25, -0.2) is 4.98 Å². The molecular weight excluding hydrogens is 222 g/mol. The molecule has 0 aliphatic rings. The number of nitrogens with one attached hydrogen (secondary N) is 1. The van der Waals surface area contributed by atoms with Gasteiger partial charge in [0.2, 0.25) is 0 Å². The molecule has 0 aliphatic heterocycles. The highest BCUT2D eigenvalue weighted by Crippen LogP contribution is 2.11. The van der Waals surface area contributed by atoms with E-state index in [1.165, 1.54) is 31.4 Å². The normalized spacial score (nSPS) is 11.2. The lowest BCUT2D eigenvalue weighted by molar-refractivity contribution is 0.591. The fourth-order valence-electron chi connectivity index (χ4n) is 2.26. The largest absolute Gasteiger partial charge is 0.311 e. The Morgan fingerprint density at radius 2 is 2.11 bits per heavy atom. The van der Waals surface area contributed by atoms with Crippen LogP contribution >= 0.6 is 0 Å². The second-order valence-electron chi connectivity index (χ2n) is 4.81. The molecule has 0 atom stereocenters. The van der Waals surface area contributed by atoms with E-state index >= 15 is 0 Å². The Bertz CT molecular complexity index is 487. The molecule has 0 spiro atoms. The molecule has 3 nitrogen and oxygen atoms in total. The van der Waals surface area contributed by atoms with E-state index in [4.69, 9.17) is 0 Å². The maximum absolute atomic E-state index is 4.56. The van der Waals surface area contributed by atoms with Crippen LogP contribution in [0.1, 0.15) is 44.0 Å². The van der Waals surface area contributed by atoms with Gasteiger partial charge in [-0.05, 0) is 32.0 Å². The third kappa shape index (κ3) is 3.10. The zero-order valence-electron chi connectivity index (χ0n) is 11.4. The molecule has 1 N–H and O–H groups in total. The summed E-state index contributed by atoms with van der Waals surface area (Å²) < 4.78 is 2.17. The molecule has 2 aromatic rings. The Morgan fingerprint density at radius 1 is 1.22 bits per heavy atom. The van der Waals surface area contributed by atoms with Gasteiger partial charge in [-0.1, -0.05) is 32.3 Å². The van der Waals surface area contributed by atoms with Crippen molar-refractivity contribution in [1.82, 2.24) is 14.7 Å². The second kappa shape index (κ2) is 6.55. The van der Waals surface area contributed by atoms with Crippen LogP contribution in [0.4, 0.5) is 0 Å². The first-order valence-electron chi connectivity index (χ1n) is 6.96. The lowest BCUT2D eigenvalue weighted by atomic mass is 10.2. The minimum Gasteiger partial charge on any atom is -0.311 e. The van der Waals surface area contributed by atoms with Gasteiger partial charge in [-0.15, -0.1) is 0 Å². The highest BCUT2D eigenvalue weighted by atomic mass is 15.0. The Balaban J connectivity index is 1.89. The quantitative estimate of drug-likeness (QED) is 0.758. The number of nitrogens with zero attached hydrogens (tertiary/aromatic N) is 2. The SMILES string of the molecule is CCCCCCNCc1c(C)nc2ccccn12. The molecule has 0 saturated carbocycles. The number of hydrogen-bond donors (Lipinski definition) is 1. The van der Waals surface area contributed by atoms with Crippen molar-refractivity contribution in [2.75, 3.05) is 6.54 Å². The Kier molecular flexibility index (Phi) is 4.76. The summed E-state index contributed by atoms with van der Waals surface area (Å²) in [5, 5.41) is 3.52. The zero-order chi connectivity index (χ0) is 12.8. The van der Waals surface area contributed by atoms with Gasteiger partial charge < -0.3 is 9.72 Å². The molecule has 0 unspecified atom stereocenters. The lowest BCUT2D eigenvalue weighted by Gasteiger charge is -2.05. The monoisotopic (exact) mass is 245 g/mol. The number of aryl methyl sites for hydroxylation is 1. The van der Waals surface area contributed by atoms with Crippen LogP contribution in [0, 0.1) is 6.92 Å². The van der Waals surface area contributed by atoms with Crippen molar-refractivity contribution >= 4 is 5.65 Å². The van der Waals surface area contributed by atoms with E-state index in [1.807, 2.05) is 6.07 Å². The van der Waals surface area contributed by atoms with Gasteiger partial charge in [0, 0.05) is 12.7 Å². The predicted molar refractivity (Wildman–Crippen MR) is 75.8 cm³/mol. The molecule has 0 amide bonds. The second-order valence-corrected chi connectivity index (χ2v) is 4.81. The molecule has 0 saturated heterocycles. The highest BCUT2D eigenvalue weighted by molar-refractivity contribution is 5.42. The number of pyridine rings is 1. The first-order valence-corrected chi connectivity index (χ1v) is 6.96. The summed E-state index contributed by atoms with van der Waals surface area (Å²) in [7, 11) is 0. The van der Waals surface area contributed by atoms with Gasteiger partial charge in [0.05, 0.1) is 11.4 Å². The van der Waals surface area contributed by atoms with Crippen LogP contribution in [-0.2, 0) is 6.54 Å². The molecule has 0 fully saturated rings. The van der Waals surface area contributed by atoms with E-state index in [1.54, 1.807) is 0 Å². The van der Waals surface area contributed by atoms with Gasteiger partial charge in [0.1, 0.15) is 5.65 Å². The third-order valence-electron chi connectivity index (χ3n) is 3.33. The Hall–Kier alpha value is -1.35. The summed E-state index contributed by atoms with van der Waals surface area (Å²) in [4.78, 5) is 4.56. The van der Waals surface area contributed by atoms with Crippen LogP contribution in [0.3, 0.4) is 0 Å². The minimum absolute atomic E-state index is 0.906. The molecule has 3 heteroatoms. The molecule has 0 aromatic carbocycles. The van der Waals surface area contributed by atoms with Crippen molar-refractivity contribution in [2.45, 2.75) is 46.1 Å². The van der Waals surface area contributed by atoms with E-state index in [9.17, 15) is 0 Å². The van der Waals surface area contributed by atoms with E-state index in [0.717, 1.165) is 24.4 Å². The first-order chi connectivity index (χ1) is 8.83. The summed E-state index contributed by atoms with van der Waals surface area (Å²) >= 11 is 0. The smallest absolute Gasteiger partial charge is 0.137 e. The van der Waals surface area contributed by atoms with Gasteiger partial charge >= 0.3 is 0 Å². The standard InChI is InChI=1S/C15H23N3/c1-3-4-5-7-10-16-12-14-13(2)17-15-9-6-8-11-18(14)15/h6,8-9,11,16H,3-5,7,10,12H2,1-2H3. The molecule has 18 heavy (non-hydrogen) atoms. The van der Waals surface area contributed by atoms with E-state index in [-0.39, 0.29) is 0 Å². The highest BCUT2D eigenvalue weighted by Gasteiger charge is 2.06. The van der Waals surface area contributed by atoms with Crippen LogP contribution < -0.4 is 5.32 Å². The Morgan fingerprint density at radius 3 is 2.94 bits per heavy atom. The van der Waals surface area contributed by atoms with Crippen molar-refractivity contribution < 1.29 is 0 Å². The number of hydrogen-bond acceptors (Lipinski definition) is 2. The molecule has 0 aliphatic carbocycles. The minimum atomic E-state index is 0.906. The fraction of sp³-hybridized carbons (Fsp3) is 0.533. The molecule has 0 radical (unpaired) electrons. The zero-order valence-corrected chi connectivity index (χ0v) is 11.4. The van der Waals surface area contributed by atoms with Crippen LogP contribution in [-0.4, -0.2) is 15.9 Å². The van der Waals surface area contributed by atoms with Crippen molar-refractivity contribution in [2.24, 2.45) is 0 Å². The van der Waals surface area contributed by atoms with E-state index in [0.29, 0.717) is 0 Å². The number of imidazole rings is 1.